The van der Waals surface area contributed by atoms with Crippen LogP contribution in [0, 0.1) is 0 Å². The molecule has 124 valence electrons. The number of nitrogens with two attached hydrogens (primary N) is 1. The number of rotatable bonds is 12. The summed E-state index contributed by atoms with van der Waals surface area (Å²) < 4.78 is 11.6. The molecule has 0 heterocycles. The quantitative estimate of drug-likeness (QED) is 0.291. The minimum Gasteiger partial charge on any atom is -0.478 e. The van der Waals surface area contributed by atoms with Gasteiger partial charge in [0.1, 0.15) is 0 Å². The molecular weight excluding hydrogens is 289 g/mol. The molecule has 0 radical (unpaired) electrons. The molecule has 3 atom stereocenters. The van der Waals surface area contributed by atoms with Gasteiger partial charge in [-0.25, -0.2) is 4.79 Å². The van der Waals surface area contributed by atoms with E-state index in [4.69, 9.17) is 5.73 Å². The molecule has 0 aromatic rings. The minimum atomic E-state index is -3.02. The fourth-order valence-corrected chi connectivity index (χ4v) is 3.38. The van der Waals surface area contributed by atoms with E-state index >= 15 is 0 Å². The number of carboxylic acids is 1. The largest absolute Gasteiger partial charge is 0.478 e. The van der Waals surface area contributed by atoms with Gasteiger partial charge in [-0.3, -0.25) is 4.57 Å². The number of hydrogen-bond donors (Lipinski definition) is 3. The lowest BCUT2D eigenvalue weighted by molar-refractivity contribution is -0.132. The third-order valence-corrected chi connectivity index (χ3v) is 4.86. The molecule has 0 saturated heterocycles. The van der Waals surface area contributed by atoms with Crippen molar-refractivity contribution in [1.82, 2.24) is 0 Å². The van der Waals surface area contributed by atoms with E-state index in [9.17, 15) is 19.4 Å². The maximum Gasteiger partial charge on any atom is 0.332 e. The zero-order valence-electron chi connectivity index (χ0n) is 13.2. The van der Waals surface area contributed by atoms with Gasteiger partial charge in [-0.15, -0.1) is 0 Å². The number of hydrogen-bond acceptors (Lipinski definition) is 3. The predicted molar refractivity (Wildman–Crippen MR) is 87.0 cm³/mol. The highest BCUT2D eigenvalue weighted by Crippen LogP contribution is 2.33. The zero-order chi connectivity index (χ0) is 16.3. The number of carbonyl (C=O) groups is 1. The average Bonchev–Trinajstić information content (AvgIpc) is 2.41. The number of unbranched alkanes of at least 4 members (excludes halogenated alkanes) is 5. The second kappa shape index (κ2) is 12.0. The molecule has 3 unspecified atom stereocenters. The van der Waals surface area contributed by atoms with Crippen molar-refractivity contribution in [3.8, 4) is 0 Å². The van der Waals surface area contributed by atoms with E-state index in [1.807, 2.05) is 0 Å². The zero-order valence-corrected chi connectivity index (χ0v) is 14.2. The summed E-state index contributed by atoms with van der Waals surface area (Å²) in [6, 6.07) is -0.568. The van der Waals surface area contributed by atoms with Gasteiger partial charge in [-0.2, -0.15) is 0 Å². The Labute approximate surface area is 128 Å². The smallest absolute Gasteiger partial charge is 0.332 e. The van der Waals surface area contributed by atoms with Crippen molar-refractivity contribution in [3.05, 3.63) is 11.6 Å². The molecule has 0 bridgehead atoms. The SMILES string of the molecule is CCCCC/C=C(/C(=O)O)C(C(N)CCCCC)[PH](=O)O. The van der Waals surface area contributed by atoms with Crippen LogP contribution in [0.4, 0.5) is 0 Å². The summed E-state index contributed by atoms with van der Waals surface area (Å²) >= 11 is 0. The van der Waals surface area contributed by atoms with Crippen LogP contribution in [0.3, 0.4) is 0 Å². The van der Waals surface area contributed by atoms with E-state index in [1.165, 1.54) is 0 Å². The Morgan fingerprint density at radius 1 is 1.19 bits per heavy atom. The van der Waals surface area contributed by atoms with Crippen LogP contribution < -0.4 is 5.73 Å². The molecular formula is C15H30NO4P. The van der Waals surface area contributed by atoms with E-state index < -0.39 is 25.7 Å². The average molecular weight is 319 g/mol. The van der Waals surface area contributed by atoms with Crippen LogP contribution in [0.2, 0.25) is 0 Å². The fourth-order valence-electron chi connectivity index (χ4n) is 2.34. The first-order valence-corrected chi connectivity index (χ1v) is 9.30. The second-order valence-corrected chi connectivity index (χ2v) is 6.73. The Morgan fingerprint density at radius 2 is 1.76 bits per heavy atom. The van der Waals surface area contributed by atoms with Crippen molar-refractivity contribution in [2.45, 2.75) is 76.9 Å². The van der Waals surface area contributed by atoms with Crippen molar-refractivity contribution in [2.24, 2.45) is 5.73 Å². The third kappa shape index (κ3) is 8.40. The molecule has 0 aliphatic rings. The van der Waals surface area contributed by atoms with Crippen molar-refractivity contribution in [2.75, 3.05) is 0 Å². The maximum atomic E-state index is 11.6. The van der Waals surface area contributed by atoms with E-state index in [0.717, 1.165) is 38.5 Å². The summed E-state index contributed by atoms with van der Waals surface area (Å²) in [7, 11) is -3.02. The van der Waals surface area contributed by atoms with Crippen molar-refractivity contribution < 1.29 is 19.4 Å². The first-order valence-electron chi connectivity index (χ1n) is 7.87. The predicted octanol–water partition coefficient (Wildman–Crippen LogP) is 3.32. The molecule has 4 N–H and O–H groups in total. The lowest BCUT2D eigenvalue weighted by Gasteiger charge is -2.22. The lowest BCUT2D eigenvalue weighted by atomic mass is 9.99. The van der Waals surface area contributed by atoms with Crippen molar-refractivity contribution in [3.63, 3.8) is 0 Å². The Morgan fingerprint density at radius 3 is 2.24 bits per heavy atom. The molecule has 21 heavy (non-hydrogen) atoms. The van der Waals surface area contributed by atoms with Gasteiger partial charge >= 0.3 is 5.97 Å². The van der Waals surface area contributed by atoms with Crippen LogP contribution in [-0.4, -0.2) is 27.7 Å². The number of aliphatic carboxylic acids is 1. The fraction of sp³-hybridized carbons (Fsp3) is 0.800. The number of carboxylic acid groups (broad SMARTS) is 1. The van der Waals surface area contributed by atoms with Gasteiger partial charge in [0.05, 0.1) is 5.66 Å². The van der Waals surface area contributed by atoms with E-state index in [-0.39, 0.29) is 5.57 Å². The molecule has 0 aromatic heterocycles. The van der Waals surface area contributed by atoms with Gasteiger partial charge in [0.2, 0.25) is 0 Å². The van der Waals surface area contributed by atoms with Gasteiger partial charge in [0.15, 0.2) is 8.03 Å². The first-order chi connectivity index (χ1) is 9.95. The van der Waals surface area contributed by atoms with Gasteiger partial charge in [0, 0.05) is 11.6 Å². The standard InChI is InChI=1S/C15H30NO4P/c1-3-5-7-9-10-12(15(17)18)14(21(19)20)13(16)11-8-6-4-2/h10,13-14,21H,3-9,11,16H2,1-2H3,(H,17,18)(H,19,20)/b12-10+. The van der Waals surface area contributed by atoms with Crippen LogP contribution in [0.1, 0.15) is 65.2 Å². The van der Waals surface area contributed by atoms with Crippen LogP contribution in [0.15, 0.2) is 11.6 Å². The molecule has 0 rings (SSSR count). The summed E-state index contributed by atoms with van der Waals surface area (Å²) in [6.45, 7) is 4.13. The Bertz CT molecular complexity index is 358. The van der Waals surface area contributed by atoms with Gasteiger partial charge < -0.3 is 15.7 Å². The highest BCUT2D eigenvalue weighted by molar-refractivity contribution is 7.39. The van der Waals surface area contributed by atoms with E-state index in [2.05, 4.69) is 13.8 Å². The molecule has 0 aliphatic heterocycles. The summed E-state index contributed by atoms with van der Waals surface area (Å²) in [6.07, 6.45) is 8.61. The Balaban J connectivity index is 4.90. The van der Waals surface area contributed by atoms with E-state index in [0.29, 0.717) is 12.8 Å². The minimum absolute atomic E-state index is 0.0153. The van der Waals surface area contributed by atoms with Crippen LogP contribution in [0.25, 0.3) is 0 Å². The number of allylic oxidation sites excluding steroid dienone is 1. The van der Waals surface area contributed by atoms with Crippen LogP contribution in [0.5, 0.6) is 0 Å². The van der Waals surface area contributed by atoms with Crippen LogP contribution >= 0.6 is 8.03 Å². The second-order valence-electron chi connectivity index (χ2n) is 5.44. The molecule has 0 aromatic carbocycles. The Kier molecular flexibility index (Phi) is 11.6. The molecule has 0 saturated carbocycles. The molecule has 5 nitrogen and oxygen atoms in total. The summed E-state index contributed by atoms with van der Waals surface area (Å²) in [5.41, 5.74) is 5.07. The highest BCUT2D eigenvalue weighted by atomic mass is 31.1. The molecule has 0 aliphatic carbocycles. The first kappa shape index (κ1) is 20.4. The molecule has 0 spiro atoms. The molecule has 0 fully saturated rings. The summed E-state index contributed by atoms with van der Waals surface area (Å²) in [5.74, 6) is -1.13. The van der Waals surface area contributed by atoms with Crippen LogP contribution in [-0.2, 0) is 9.36 Å². The van der Waals surface area contributed by atoms with Crippen molar-refractivity contribution in [1.29, 1.82) is 0 Å². The molecule has 0 amide bonds. The Hall–Kier alpha value is -0.640. The third-order valence-electron chi connectivity index (χ3n) is 3.59. The lowest BCUT2D eigenvalue weighted by Crippen LogP contribution is -2.36. The van der Waals surface area contributed by atoms with E-state index in [1.54, 1.807) is 6.08 Å². The molecule has 6 heteroatoms. The van der Waals surface area contributed by atoms with Gasteiger partial charge in [-0.05, 0) is 19.3 Å². The maximum absolute atomic E-state index is 11.6. The summed E-state index contributed by atoms with van der Waals surface area (Å²) in [4.78, 5) is 20.9. The monoisotopic (exact) mass is 319 g/mol. The van der Waals surface area contributed by atoms with Crippen molar-refractivity contribution >= 4 is 14.0 Å². The summed E-state index contributed by atoms with van der Waals surface area (Å²) in [5, 5.41) is 9.31. The highest BCUT2D eigenvalue weighted by Gasteiger charge is 2.30. The van der Waals surface area contributed by atoms with Gasteiger partial charge in [0.25, 0.3) is 0 Å². The normalized spacial score (nSPS) is 16.5. The topological polar surface area (TPSA) is 101 Å². The van der Waals surface area contributed by atoms with Gasteiger partial charge in [-0.1, -0.05) is 52.0 Å².